The summed E-state index contributed by atoms with van der Waals surface area (Å²) in [5.41, 5.74) is -0.0706. The van der Waals surface area contributed by atoms with Gasteiger partial charge in [-0.1, -0.05) is 6.58 Å². The largest absolute Gasteiger partial charge is 0.481 e. The lowest BCUT2D eigenvalue weighted by Gasteiger charge is -2.13. The number of aliphatic carboxylic acids is 1. The Morgan fingerprint density at radius 2 is 1.88 bits per heavy atom. The summed E-state index contributed by atoms with van der Waals surface area (Å²) in [4.78, 5) is 21.8. The summed E-state index contributed by atoms with van der Waals surface area (Å²) in [6, 6.07) is 0. The van der Waals surface area contributed by atoms with E-state index >= 15 is 0 Å². The van der Waals surface area contributed by atoms with Crippen LogP contribution in [-0.2, 0) is 23.8 Å². The van der Waals surface area contributed by atoms with Gasteiger partial charge in [0.05, 0.1) is 19.6 Å². The monoisotopic (exact) mass is 228 g/mol. The third-order valence-corrected chi connectivity index (χ3v) is 2.35. The minimum atomic E-state index is -1.11. The topological polar surface area (TPSA) is 88.7 Å². The maximum Gasteiger partial charge on any atom is 0.334 e. The summed E-state index contributed by atoms with van der Waals surface area (Å²) in [6.07, 6.45) is -1.08. The van der Waals surface area contributed by atoms with Gasteiger partial charge in [0, 0.05) is 5.57 Å². The molecule has 2 fully saturated rings. The molecule has 0 saturated carbocycles. The summed E-state index contributed by atoms with van der Waals surface area (Å²) in [5.74, 6) is -1.80. The van der Waals surface area contributed by atoms with Crippen molar-refractivity contribution in [1.29, 1.82) is 0 Å². The van der Waals surface area contributed by atoms with Crippen molar-refractivity contribution in [2.45, 2.75) is 24.7 Å². The van der Waals surface area contributed by atoms with E-state index in [-0.39, 0.29) is 17.8 Å². The molecular formula is C10H12O6. The Morgan fingerprint density at radius 1 is 1.38 bits per heavy atom. The number of epoxide rings is 2. The second-order valence-corrected chi connectivity index (χ2v) is 3.79. The van der Waals surface area contributed by atoms with Gasteiger partial charge in [0.25, 0.3) is 0 Å². The van der Waals surface area contributed by atoms with E-state index in [1.54, 1.807) is 0 Å². The zero-order chi connectivity index (χ0) is 11.7. The van der Waals surface area contributed by atoms with Gasteiger partial charge in [-0.3, -0.25) is 4.79 Å². The van der Waals surface area contributed by atoms with Crippen molar-refractivity contribution in [2.24, 2.45) is 0 Å². The number of esters is 1. The molecule has 0 aliphatic carbocycles. The molecule has 2 heterocycles. The van der Waals surface area contributed by atoms with Crippen molar-refractivity contribution in [1.82, 2.24) is 0 Å². The average molecular weight is 228 g/mol. The van der Waals surface area contributed by atoms with Gasteiger partial charge >= 0.3 is 11.9 Å². The summed E-state index contributed by atoms with van der Waals surface area (Å²) in [7, 11) is 0. The molecule has 2 rings (SSSR count). The molecule has 0 aromatic heterocycles. The molecule has 2 aliphatic rings. The highest BCUT2D eigenvalue weighted by molar-refractivity contribution is 5.92. The number of carboxylic acid groups (broad SMARTS) is 1. The van der Waals surface area contributed by atoms with Crippen LogP contribution in [0.3, 0.4) is 0 Å². The van der Waals surface area contributed by atoms with Gasteiger partial charge in [-0.25, -0.2) is 4.79 Å². The Hall–Kier alpha value is -1.40. The summed E-state index contributed by atoms with van der Waals surface area (Å²) in [5, 5.41) is 8.49. The summed E-state index contributed by atoms with van der Waals surface area (Å²) in [6.45, 7) is 4.46. The van der Waals surface area contributed by atoms with Gasteiger partial charge in [0.1, 0.15) is 12.2 Å². The van der Waals surface area contributed by atoms with E-state index in [0.29, 0.717) is 13.2 Å². The zero-order valence-electron chi connectivity index (χ0n) is 8.55. The van der Waals surface area contributed by atoms with Gasteiger partial charge in [-0.15, -0.1) is 0 Å². The highest BCUT2D eigenvalue weighted by atomic mass is 16.7. The van der Waals surface area contributed by atoms with Crippen molar-refractivity contribution < 1.29 is 28.9 Å². The number of carbonyl (C=O) groups excluding carboxylic acids is 1. The van der Waals surface area contributed by atoms with E-state index in [1.165, 1.54) is 0 Å². The Kier molecular flexibility index (Phi) is 2.93. The van der Waals surface area contributed by atoms with Crippen molar-refractivity contribution in [3.8, 4) is 0 Å². The molecule has 2 aliphatic heterocycles. The lowest BCUT2D eigenvalue weighted by Crippen LogP contribution is -2.30. The number of hydrogen-bond acceptors (Lipinski definition) is 5. The van der Waals surface area contributed by atoms with Crippen LogP contribution in [0.15, 0.2) is 12.2 Å². The summed E-state index contributed by atoms with van der Waals surface area (Å²) < 4.78 is 15.2. The number of ether oxygens (including phenoxy) is 3. The molecule has 0 aromatic carbocycles. The molecule has 0 radical (unpaired) electrons. The van der Waals surface area contributed by atoms with E-state index < -0.39 is 24.5 Å². The van der Waals surface area contributed by atoms with Crippen LogP contribution < -0.4 is 0 Å². The van der Waals surface area contributed by atoms with Crippen molar-refractivity contribution in [3.63, 3.8) is 0 Å². The van der Waals surface area contributed by atoms with E-state index in [4.69, 9.17) is 19.3 Å². The third-order valence-electron chi connectivity index (χ3n) is 2.35. The minimum Gasteiger partial charge on any atom is -0.481 e. The zero-order valence-corrected chi connectivity index (χ0v) is 8.55. The molecule has 6 heteroatoms. The first kappa shape index (κ1) is 11.1. The first-order valence-electron chi connectivity index (χ1n) is 4.91. The Bertz CT molecular complexity index is 316. The summed E-state index contributed by atoms with van der Waals surface area (Å²) >= 11 is 0. The molecule has 88 valence electrons. The molecule has 0 spiro atoms. The maximum atomic E-state index is 11.5. The second-order valence-electron chi connectivity index (χ2n) is 3.79. The van der Waals surface area contributed by atoms with Crippen molar-refractivity contribution in [3.05, 3.63) is 12.2 Å². The first-order valence-corrected chi connectivity index (χ1v) is 4.91. The quantitative estimate of drug-likeness (QED) is 0.382. The smallest absolute Gasteiger partial charge is 0.334 e. The fourth-order valence-electron chi connectivity index (χ4n) is 1.34. The predicted octanol–water partition coefficient (Wildman–Crippen LogP) is -0.273. The Morgan fingerprint density at radius 3 is 2.25 bits per heavy atom. The van der Waals surface area contributed by atoms with Crippen LogP contribution in [0.2, 0.25) is 0 Å². The Labute approximate surface area is 91.8 Å². The first-order chi connectivity index (χ1) is 7.58. The second kappa shape index (κ2) is 4.23. The van der Waals surface area contributed by atoms with Crippen LogP contribution in [0.5, 0.6) is 0 Å². The normalized spacial score (nSPS) is 28.0. The fourth-order valence-corrected chi connectivity index (χ4v) is 1.34. The molecule has 0 amide bonds. The van der Waals surface area contributed by atoms with E-state index in [2.05, 4.69) is 6.58 Å². The van der Waals surface area contributed by atoms with Gasteiger partial charge in [-0.2, -0.15) is 0 Å². The van der Waals surface area contributed by atoms with Crippen molar-refractivity contribution >= 4 is 11.9 Å². The maximum absolute atomic E-state index is 11.5. The van der Waals surface area contributed by atoms with Gasteiger partial charge in [0.2, 0.25) is 0 Å². The van der Waals surface area contributed by atoms with Gasteiger partial charge in [-0.05, 0) is 0 Å². The van der Waals surface area contributed by atoms with Crippen LogP contribution in [0, 0.1) is 0 Å². The highest BCUT2D eigenvalue weighted by Crippen LogP contribution is 2.28. The number of rotatable bonds is 6. The molecule has 2 unspecified atom stereocenters. The molecule has 1 N–H and O–H groups in total. The van der Waals surface area contributed by atoms with E-state index in [9.17, 15) is 9.59 Å². The molecule has 2 saturated heterocycles. The minimum absolute atomic E-state index is 0.0706. The van der Waals surface area contributed by atoms with E-state index in [0.717, 1.165) is 0 Å². The van der Waals surface area contributed by atoms with Crippen LogP contribution in [0.25, 0.3) is 0 Å². The van der Waals surface area contributed by atoms with Gasteiger partial charge < -0.3 is 19.3 Å². The molecule has 0 bridgehead atoms. The lowest BCUT2D eigenvalue weighted by atomic mass is 10.2. The third kappa shape index (κ3) is 2.80. The highest BCUT2D eigenvalue weighted by Gasteiger charge is 2.47. The number of hydrogen-bond donors (Lipinski definition) is 1. The standard InChI is InChI=1S/C10H12O6/c1-5(2-8(11)12)10(13)16-9(6-3-14-6)7-4-15-7/h6-7,9H,1-4H2,(H,11,12). The number of carboxylic acids is 1. The lowest BCUT2D eigenvalue weighted by molar-refractivity contribution is -0.148. The fraction of sp³-hybridized carbons (Fsp3) is 0.600. The SMILES string of the molecule is C=C(CC(=O)O)C(=O)OC(C1CO1)C1CO1. The van der Waals surface area contributed by atoms with Crippen molar-refractivity contribution in [2.75, 3.05) is 13.2 Å². The Balaban J connectivity index is 1.84. The van der Waals surface area contributed by atoms with Crippen LogP contribution >= 0.6 is 0 Å². The van der Waals surface area contributed by atoms with Crippen LogP contribution in [0.1, 0.15) is 6.42 Å². The van der Waals surface area contributed by atoms with E-state index in [1.807, 2.05) is 0 Å². The number of carbonyl (C=O) groups is 2. The predicted molar refractivity (Wildman–Crippen MR) is 50.8 cm³/mol. The molecule has 6 nitrogen and oxygen atoms in total. The van der Waals surface area contributed by atoms with Crippen LogP contribution in [0.4, 0.5) is 0 Å². The average Bonchev–Trinajstić information content (AvgIpc) is 3.03. The van der Waals surface area contributed by atoms with Gasteiger partial charge in [0.15, 0.2) is 6.10 Å². The molecule has 2 atom stereocenters. The molecule has 16 heavy (non-hydrogen) atoms. The van der Waals surface area contributed by atoms with Crippen LogP contribution in [-0.4, -0.2) is 48.6 Å². The molecular weight excluding hydrogens is 216 g/mol. The molecule has 0 aromatic rings.